The maximum absolute atomic E-state index is 13.7. The lowest BCUT2D eigenvalue weighted by molar-refractivity contribution is -0.131. The lowest BCUT2D eigenvalue weighted by atomic mass is 10.1. The number of halogens is 1. The zero-order valence-electron chi connectivity index (χ0n) is 14.5. The van der Waals surface area contributed by atoms with Gasteiger partial charge in [-0.1, -0.05) is 12.1 Å². The monoisotopic (exact) mass is 344 g/mol. The molecule has 6 heteroatoms. The summed E-state index contributed by atoms with van der Waals surface area (Å²) in [6, 6.07) is 9.61. The predicted octanol–water partition coefficient (Wildman–Crippen LogP) is 3.08. The second-order valence-electron chi connectivity index (χ2n) is 5.93. The number of benzene rings is 1. The second-order valence-corrected chi connectivity index (χ2v) is 5.93. The first-order chi connectivity index (χ1) is 11.9. The van der Waals surface area contributed by atoms with Gasteiger partial charge in [0, 0.05) is 19.2 Å². The van der Waals surface area contributed by atoms with Gasteiger partial charge < -0.3 is 14.6 Å². The van der Waals surface area contributed by atoms with Gasteiger partial charge in [-0.2, -0.15) is 0 Å². The number of carbonyl (C=O) groups is 2. The van der Waals surface area contributed by atoms with Crippen molar-refractivity contribution >= 4 is 17.9 Å². The molecule has 0 aliphatic carbocycles. The lowest BCUT2D eigenvalue weighted by Crippen LogP contribution is -2.40. The van der Waals surface area contributed by atoms with E-state index in [0.29, 0.717) is 17.1 Å². The molecule has 5 nitrogen and oxygen atoms in total. The molecule has 0 unspecified atom stereocenters. The molecule has 2 amide bonds. The van der Waals surface area contributed by atoms with Gasteiger partial charge in [0.2, 0.25) is 11.8 Å². The van der Waals surface area contributed by atoms with E-state index in [1.165, 1.54) is 23.1 Å². The molecule has 0 bridgehead atoms. The number of likely N-dealkylation sites (N-methyl/N-ethyl adjacent to an activating group) is 1. The summed E-state index contributed by atoms with van der Waals surface area (Å²) < 4.78 is 19.3. The Morgan fingerprint density at radius 2 is 1.96 bits per heavy atom. The third-order valence-electron chi connectivity index (χ3n) is 3.36. The number of hydrogen-bond donors (Lipinski definition) is 1. The molecule has 1 heterocycles. The van der Waals surface area contributed by atoms with Crippen LogP contribution in [0.4, 0.5) is 4.39 Å². The highest BCUT2D eigenvalue weighted by molar-refractivity contribution is 5.94. The maximum atomic E-state index is 13.7. The SMILES string of the molecule is CC(C)NC(=O)CN(C)C(=O)/C=C/c1ccc(-c2ccccc2F)o1. The van der Waals surface area contributed by atoms with Crippen molar-refractivity contribution in [3.05, 3.63) is 54.1 Å². The summed E-state index contributed by atoms with van der Waals surface area (Å²) in [5.41, 5.74) is 0.357. The zero-order chi connectivity index (χ0) is 18.4. The van der Waals surface area contributed by atoms with Crippen molar-refractivity contribution in [2.75, 3.05) is 13.6 Å². The average Bonchev–Trinajstić information content (AvgIpc) is 3.00. The summed E-state index contributed by atoms with van der Waals surface area (Å²) in [5.74, 6) is -0.123. The van der Waals surface area contributed by atoms with E-state index in [1.54, 1.807) is 37.4 Å². The average molecular weight is 344 g/mol. The van der Waals surface area contributed by atoms with Crippen LogP contribution < -0.4 is 5.32 Å². The number of hydrogen-bond acceptors (Lipinski definition) is 3. The van der Waals surface area contributed by atoms with Gasteiger partial charge in [0.05, 0.1) is 12.1 Å². The van der Waals surface area contributed by atoms with Crippen molar-refractivity contribution in [1.29, 1.82) is 0 Å². The van der Waals surface area contributed by atoms with Gasteiger partial charge >= 0.3 is 0 Å². The van der Waals surface area contributed by atoms with E-state index >= 15 is 0 Å². The van der Waals surface area contributed by atoms with Crippen molar-refractivity contribution in [3.63, 3.8) is 0 Å². The van der Waals surface area contributed by atoms with Crippen LogP contribution in [-0.4, -0.2) is 36.3 Å². The van der Waals surface area contributed by atoms with Crippen LogP contribution in [0.25, 0.3) is 17.4 Å². The molecule has 0 aliphatic rings. The number of furan rings is 1. The molecule has 132 valence electrons. The van der Waals surface area contributed by atoms with Crippen molar-refractivity contribution in [1.82, 2.24) is 10.2 Å². The number of rotatable bonds is 6. The first-order valence-electron chi connectivity index (χ1n) is 7.94. The Balaban J connectivity index is 1.99. The van der Waals surface area contributed by atoms with E-state index in [0.717, 1.165) is 0 Å². The summed E-state index contributed by atoms with van der Waals surface area (Å²) >= 11 is 0. The van der Waals surface area contributed by atoms with Crippen LogP contribution in [0, 0.1) is 5.82 Å². The van der Waals surface area contributed by atoms with Crippen molar-refractivity contribution in [2.24, 2.45) is 0 Å². The van der Waals surface area contributed by atoms with Gasteiger partial charge in [-0.05, 0) is 44.2 Å². The lowest BCUT2D eigenvalue weighted by Gasteiger charge is -2.16. The fourth-order valence-electron chi connectivity index (χ4n) is 2.19. The van der Waals surface area contributed by atoms with E-state index in [2.05, 4.69) is 5.32 Å². The minimum atomic E-state index is -0.376. The number of nitrogens with zero attached hydrogens (tertiary/aromatic N) is 1. The Morgan fingerprint density at radius 3 is 2.64 bits per heavy atom. The molecule has 25 heavy (non-hydrogen) atoms. The summed E-state index contributed by atoms with van der Waals surface area (Å²) in [7, 11) is 1.54. The minimum absolute atomic E-state index is 0.0199. The van der Waals surface area contributed by atoms with Gasteiger partial charge in [0.1, 0.15) is 17.3 Å². The van der Waals surface area contributed by atoms with Crippen LogP contribution in [0.2, 0.25) is 0 Å². The molecule has 0 saturated heterocycles. The Bertz CT molecular complexity index is 780. The van der Waals surface area contributed by atoms with Gasteiger partial charge in [-0.15, -0.1) is 0 Å². The molecule has 2 aromatic rings. The van der Waals surface area contributed by atoms with Crippen LogP contribution >= 0.6 is 0 Å². The van der Waals surface area contributed by atoms with E-state index in [-0.39, 0.29) is 30.2 Å². The summed E-state index contributed by atoms with van der Waals surface area (Å²) in [4.78, 5) is 25.0. The predicted molar refractivity (Wildman–Crippen MR) is 94.1 cm³/mol. The molecular formula is C19H21FN2O3. The Labute approximate surface area is 146 Å². The summed E-state index contributed by atoms with van der Waals surface area (Å²) in [6.07, 6.45) is 2.80. The first-order valence-corrected chi connectivity index (χ1v) is 7.94. The molecule has 0 saturated carbocycles. The quantitative estimate of drug-likeness (QED) is 0.819. The normalized spacial score (nSPS) is 11.1. The molecule has 1 aromatic carbocycles. The maximum Gasteiger partial charge on any atom is 0.246 e. The highest BCUT2D eigenvalue weighted by Gasteiger charge is 2.12. The van der Waals surface area contributed by atoms with Crippen LogP contribution in [0.3, 0.4) is 0 Å². The number of carbonyl (C=O) groups excluding carboxylic acids is 2. The van der Waals surface area contributed by atoms with Gasteiger partial charge in [0.25, 0.3) is 0 Å². The summed E-state index contributed by atoms with van der Waals surface area (Å²) in [6.45, 7) is 3.67. The molecule has 0 fully saturated rings. The highest BCUT2D eigenvalue weighted by Crippen LogP contribution is 2.25. The molecule has 1 N–H and O–H groups in total. The molecule has 1 aromatic heterocycles. The smallest absolute Gasteiger partial charge is 0.246 e. The van der Waals surface area contributed by atoms with Gasteiger partial charge in [-0.25, -0.2) is 4.39 Å². The highest BCUT2D eigenvalue weighted by atomic mass is 19.1. The topological polar surface area (TPSA) is 62.6 Å². The molecule has 0 atom stereocenters. The van der Waals surface area contributed by atoms with E-state index < -0.39 is 0 Å². The fraction of sp³-hybridized carbons (Fsp3) is 0.263. The second kappa shape index (κ2) is 8.28. The third kappa shape index (κ3) is 5.31. The van der Waals surface area contributed by atoms with Crippen molar-refractivity contribution in [3.8, 4) is 11.3 Å². The number of nitrogens with one attached hydrogen (secondary N) is 1. The van der Waals surface area contributed by atoms with E-state index in [1.807, 2.05) is 13.8 Å². The Hall–Kier alpha value is -2.89. The molecule has 0 aliphatic heterocycles. The standard InChI is InChI=1S/C19H21FN2O3/c1-13(2)21-18(23)12-22(3)19(24)11-9-14-8-10-17(25-14)15-6-4-5-7-16(15)20/h4-11,13H,12H2,1-3H3,(H,21,23)/b11-9+. The third-order valence-corrected chi connectivity index (χ3v) is 3.36. The molecule has 2 rings (SSSR count). The number of amides is 2. The van der Waals surface area contributed by atoms with Crippen molar-refractivity contribution < 1.29 is 18.4 Å². The van der Waals surface area contributed by atoms with E-state index in [9.17, 15) is 14.0 Å². The molecule has 0 radical (unpaired) electrons. The largest absolute Gasteiger partial charge is 0.457 e. The van der Waals surface area contributed by atoms with Crippen LogP contribution in [0.5, 0.6) is 0 Å². The van der Waals surface area contributed by atoms with Crippen LogP contribution in [0.15, 0.2) is 46.9 Å². The zero-order valence-corrected chi connectivity index (χ0v) is 14.5. The Morgan fingerprint density at radius 1 is 1.24 bits per heavy atom. The van der Waals surface area contributed by atoms with Gasteiger partial charge in [0.15, 0.2) is 0 Å². The summed E-state index contributed by atoms with van der Waals surface area (Å²) in [5, 5.41) is 2.72. The first kappa shape index (κ1) is 18.4. The fourth-order valence-corrected chi connectivity index (χ4v) is 2.19. The Kier molecular flexibility index (Phi) is 6.11. The molecular weight excluding hydrogens is 323 g/mol. The van der Waals surface area contributed by atoms with Crippen LogP contribution in [-0.2, 0) is 9.59 Å². The minimum Gasteiger partial charge on any atom is -0.457 e. The van der Waals surface area contributed by atoms with Crippen molar-refractivity contribution in [2.45, 2.75) is 19.9 Å². The van der Waals surface area contributed by atoms with Gasteiger partial charge in [-0.3, -0.25) is 9.59 Å². The van der Waals surface area contributed by atoms with E-state index in [4.69, 9.17) is 4.42 Å². The van der Waals surface area contributed by atoms with Crippen LogP contribution in [0.1, 0.15) is 19.6 Å². The molecule has 0 spiro atoms.